The summed E-state index contributed by atoms with van der Waals surface area (Å²) in [5.74, 6) is -1.12. The maximum atomic E-state index is 12.1. The molecule has 2 aliphatic rings. The van der Waals surface area contributed by atoms with E-state index in [1.54, 1.807) is 13.3 Å². The Morgan fingerprint density at radius 2 is 1.98 bits per heavy atom. The summed E-state index contributed by atoms with van der Waals surface area (Å²) in [6.07, 6.45) is 10.2. The lowest BCUT2D eigenvalue weighted by Crippen LogP contribution is -2.44. The molecule has 1 aromatic carbocycles. The molecule has 10 heteroatoms. The number of nitrogens with one attached hydrogen (secondary N) is 1. The first-order valence-corrected chi connectivity index (χ1v) is 15.9. The Morgan fingerprint density at radius 3 is 2.64 bits per heavy atom. The number of aliphatic hydroxyl groups excluding tert-OH is 1. The van der Waals surface area contributed by atoms with E-state index in [0.29, 0.717) is 25.9 Å². The number of aryl methyl sites for hydroxylation is 2. The predicted molar refractivity (Wildman–Crippen MR) is 170 cm³/mol. The Bertz CT molecular complexity index is 1350. The summed E-state index contributed by atoms with van der Waals surface area (Å²) in [6.45, 7) is 4.08. The number of benzene rings is 1. The number of aromatic nitrogens is 2. The Morgan fingerprint density at radius 1 is 1.14 bits per heavy atom. The molecule has 5 rings (SSSR count). The molecular formula is C34H48N4O6. The van der Waals surface area contributed by atoms with Gasteiger partial charge in [0, 0.05) is 43.6 Å². The third-order valence-corrected chi connectivity index (χ3v) is 9.16. The van der Waals surface area contributed by atoms with Gasteiger partial charge in [0.25, 0.3) is 0 Å². The van der Waals surface area contributed by atoms with Gasteiger partial charge in [-0.2, -0.15) is 0 Å². The van der Waals surface area contributed by atoms with Crippen molar-refractivity contribution in [1.29, 1.82) is 0 Å². The van der Waals surface area contributed by atoms with Crippen molar-refractivity contribution >= 4 is 22.8 Å². The summed E-state index contributed by atoms with van der Waals surface area (Å²) in [7, 11) is 3.69. The predicted octanol–water partition coefficient (Wildman–Crippen LogP) is 4.51. The number of hydrogen-bond donors (Lipinski definition) is 4. The minimum absolute atomic E-state index is 0.0735. The molecule has 2 saturated heterocycles. The minimum Gasteiger partial charge on any atom is -0.497 e. The van der Waals surface area contributed by atoms with E-state index in [4.69, 9.17) is 9.84 Å². The number of carboxylic acid groups (broad SMARTS) is 2. The first-order valence-electron chi connectivity index (χ1n) is 15.9. The van der Waals surface area contributed by atoms with Crippen LogP contribution in [-0.2, 0) is 23.1 Å². The van der Waals surface area contributed by atoms with Crippen LogP contribution in [0.15, 0.2) is 48.8 Å². The number of aliphatic carboxylic acids is 2. The second kappa shape index (κ2) is 16.6. The van der Waals surface area contributed by atoms with Gasteiger partial charge in [-0.1, -0.05) is 0 Å². The Hall–Kier alpha value is -3.47. The molecule has 4 N–H and O–H groups in total. The summed E-state index contributed by atoms with van der Waals surface area (Å²) < 4.78 is 7.50. The molecule has 0 bridgehead atoms. The number of ether oxygens (including phenoxy) is 1. The average molecular weight is 609 g/mol. The largest absolute Gasteiger partial charge is 0.497 e. The van der Waals surface area contributed by atoms with Gasteiger partial charge in [-0.25, -0.2) is 0 Å². The molecule has 0 amide bonds. The quantitative estimate of drug-likeness (QED) is 0.219. The highest BCUT2D eigenvalue weighted by Crippen LogP contribution is 2.34. The Kier molecular flexibility index (Phi) is 12.6. The molecule has 4 heterocycles. The van der Waals surface area contributed by atoms with Crippen molar-refractivity contribution in [1.82, 2.24) is 19.8 Å². The zero-order valence-electron chi connectivity index (χ0n) is 26.0. The van der Waals surface area contributed by atoms with Crippen LogP contribution < -0.4 is 10.1 Å². The molecular weight excluding hydrogens is 560 g/mol. The molecule has 3 aromatic rings. The lowest BCUT2D eigenvalue weighted by atomic mass is 9.81. The maximum absolute atomic E-state index is 12.1. The normalized spacial score (nSPS) is 21.3. The van der Waals surface area contributed by atoms with Crippen molar-refractivity contribution < 1.29 is 29.6 Å². The number of carbonyl (C=O) groups is 2. The van der Waals surface area contributed by atoms with Crippen molar-refractivity contribution in [3.8, 4) is 5.75 Å². The van der Waals surface area contributed by atoms with Crippen LogP contribution in [0.3, 0.4) is 0 Å². The zero-order chi connectivity index (χ0) is 31.5. The van der Waals surface area contributed by atoms with Gasteiger partial charge in [0.1, 0.15) is 5.75 Å². The van der Waals surface area contributed by atoms with Crippen molar-refractivity contribution in [3.05, 3.63) is 60.0 Å². The van der Waals surface area contributed by atoms with E-state index >= 15 is 0 Å². The topological polar surface area (TPSA) is 137 Å². The molecule has 10 nitrogen and oxygen atoms in total. The maximum Gasteiger partial charge on any atom is 0.308 e. The average Bonchev–Trinajstić information content (AvgIpc) is 3.46. The summed E-state index contributed by atoms with van der Waals surface area (Å²) >= 11 is 0. The number of rotatable bonds is 12. The third-order valence-electron chi connectivity index (χ3n) is 9.16. The number of methoxy groups -OCH3 is 1. The van der Waals surface area contributed by atoms with E-state index in [2.05, 4.69) is 45.1 Å². The van der Waals surface area contributed by atoms with E-state index in [1.165, 1.54) is 5.69 Å². The van der Waals surface area contributed by atoms with Crippen LogP contribution in [0.2, 0.25) is 0 Å². The van der Waals surface area contributed by atoms with E-state index in [9.17, 15) is 19.8 Å². The summed E-state index contributed by atoms with van der Waals surface area (Å²) in [6, 6.07) is 11.7. The molecule has 44 heavy (non-hydrogen) atoms. The van der Waals surface area contributed by atoms with Crippen molar-refractivity contribution in [2.24, 2.45) is 24.8 Å². The number of likely N-dealkylation sites (tertiary alicyclic amines) is 1. The van der Waals surface area contributed by atoms with E-state index in [0.717, 1.165) is 80.4 Å². The second-order valence-electron chi connectivity index (χ2n) is 12.1. The van der Waals surface area contributed by atoms with Crippen molar-refractivity contribution in [3.63, 3.8) is 0 Å². The minimum atomic E-state index is -0.725. The fraction of sp³-hybridized carbons (Fsp3) is 0.559. The van der Waals surface area contributed by atoms with Crippen LogP contribution in [0, 0.1) is 17.8 Å². The number of piperidine rings is 2. The first kappa shape index (κ1) is 33.4. The van der Waals surface area contributed by atoms with E-state index in [1.807, 2.05) is 24.3 Å². The fourth-order valence-corrected chi connectivity index (χ4v) is 6.45. The van der Waals surface area contributed by atoms with Crippen molar-refractivity contribution in [2.75, 3.05) is 39.8 Å². The monoisotopic (exact) mass is 608 g/mol. The van der Waals surface area contributed by atoms with E-state index in [-0.39, 0.29) is 11.8 Å². The molecule has 2 unspecified atom stereocenters. The number of hydrogen-bond acceptors (Lipinski definition) is 7. The van der Waals surface area contributed by atoms with Gasteiger partial charge in [0.05, 0.1) is 30.6 Å². The van der Waals surface area contributed by atoms with Crippen LogP contribution in [0.4, 0.5) is 0 Å². The first-order chi connectivity index (χ1) is 21.3. The van der Waals surface area contributed by atoms with Gasteiger partial charge in [-0.3, -0.25) is 14.6 Å². The molecule has 2 fully saturated rings. The standard InChI is InChI=1S/C28H37N3O4.C6H11NO2/c1-30-15-5-7-21(30)6-3-4-16-31-17-13-20(25(19-31)28(33)34)8-11-27(32)23-12-14-29-26-10-9-22(35-2)18-24(23)26;8-6(9)5-2-1-3-7-4-5/h5,7,9-10,12,14-15,18,20,25,27,32H,3-4,6,8,11,13,16-17,19H2,1-2H3,(H,33,34);5,7H,1-4H2,(H,8,9)/t20-,25+,27?;/m1./s1. The summed E-state index contributed by atoms with van der Waals surface area (Å²) in [4.78, 5) is 29.1. The van der Waals surface area contributed by atoms with Gasteiger partial charge < -0.3 is 34.8 Å². The fourth-order valence-electron chi connectivity index (χ4n) is 6.45. The van der Waals surface area contributed by atoms with E-state index < -0.39 is 24.0 Å². The molecule has 4 atom stereocenters. The number of unbranched alkanes of at least 4 members (excludes halogenated alkanes) is 1. The molecule has 0 saturated carbocycles. The van der Waals surface area contributed by atoms with Crippen LogP contribution in [0.1, 0.15) is 62.3 Å². The third kappa shape index (κ3) is 9.27. The van der Waals surface area contributed by atoms with Crippen molar-refractivity contribution in [2.45, 2.75) is 57.5 Å². The number of aliphatic hydroxyl groups is 1. The molecule has 0 aliphatic carbocycles. The lowest BCUT2D eigenvalue weighted by molar-refractivity contribution is -0.146. The highest BCUT2D eigenvalue weighted by atomic mass is 16.5. The van der Waals surface area contributed by atoms with Crippen LogP contribution in [0.5, 0.6) is 5.75 Å². The van der Waals surface area contributed by atoms with Crippen LogP contribution >= 0.6 is 0 Å². The zero-order valence-corrected chi connectivity index (χ0v) is 26.0. The van der Waals surface area contributed by atoms with Crippen LogP contribution in [0.25, 0.3) is 10.9 Å². The molecule has 0 radical (unpaired) electrons. The van der Waals surface area contributed by atoms with Gasteiger partial charge in [0.2, 0.25) is 0 Å². The van der Waals surface area contributed by atoms with Gasteiger partial charge in [-0.15, -0.1) is 0 Å². The smallest absolute Gasteiger partial charge is 0.308 e. The second-order valence-corrected chi connectivity index (χ2v) is 12.1. The van der Waals surface area contributed by atoms with Gasteiger partial charge in [0.15, 0.2) is 0 Å². The molecule has 2 aromatic heterocycles. The number of fused-ring (bicyclic) bond motifs is 1. The highest BCUT2D eigenvalue weighted by molar-refractivity contribution is 5.83. The Labute approximate surface area is 260 Å². The number of nitrogens with zero attached hydrogens (tertiary/aromatic N) is 3. The summed E-state index contributed by atoms with van der Waals surface area (Å²) in [5.41, 5.74) is 2.97. The SMILES string of the molecule is COc1ccc2nccc(C(O)CC[C@@H]3CCN(CCCCc4cccn4C)C[C@@H]3C(=O)O)c2c1.O=C(O)C1CCCNC1. The molecule has 240 valence electrons. The van der Waals surface area contributed by atoms with Crippen LogP contribution in [-0.4, -0.2) is 81.5 Å². The molecule has 0 spiro atoms. The van der Waals surface area contributed by atoms with Gasteiger partial charge >= 0.3 is 11.9 Å². The number of pyridine rings is 1. The Balaban J connectivity index is 0.000000421. The highest BCUT2D eigenvalue weighted by Gasteiger charge is 2.34. The summed E-state index contributed by atoms with van der Waals surface area (Å²) in [5, 5.41) is 33.3. The van der Waals surface area contributed by atoms with Gasteiger partial charge in [-0.05, 0) is 119 Å². The number of carboxylic acids is 2. The molecule has 2 aliphatic heterocycles. The lowest BCUT2D eigenvalue weighted by Gasteiger charge is -2.37.